The molecule has 0 fully saturated rings. The lowest BCUT2D eigenvalue weighted by molar-refractivity contribution is 0.101. The average molecular weight is 209 g/mol. The zero-order valence-corrected chi connectivity index (χ0v) is 9.03. The molecular weight excluding hydrogens is 196 g/mol. The summed E-state index contributed by atoms with van der Waals surface area (Å²) in [6.45, 7) is 1.62. The molecule has 1 aliphatic rings. The first-order valence-corrected chi connectivity index (χ1v) is 5.39. The van der Waals surface area contributed by atoms with Crippen LogP contribution in [0.2, 0.25) is 5.02 Å². The molecule has 0 saturated heterocycles. The molecule has 1 aromatic carbocycles. The van der Waals surface area contributed by atoms with Crippen molar-refractivity contribution in [1.82, 2.24) is 0 Å². The normalized spacial score (nSPS) is 15.0. The molecule has 0 radical (unpaired) electrons. The summed E-state index contributed by atoms with van der Waals surface area (Å²) in [6, 6.07) is 3.71. The Labute approximate surface area is 89.1 Å². The van der Waals surface area contributed by atoms with Crippen molar-refractivity contribution >= 4 is 17.4 Å². The number of halogens is 1. The molecule has 0 bridgehead atoms. The van der Waals surface area contributed by atoms with Gasteiger partial charge in [-0.25, -0.2) is 0 Å². The lowest BCUT2D eigenvalue weighted by atomic mass is 9.87. The van der Waals surface area contributed by atoms with Gasteiger partial charge in [0.1, 0.15) is 0 Å². The number of carbonyl (C=O) groups is 1. The first-order valence-electron chi connectivity index (χ1n) is 5.01. The third-order valence-corrected chi connectivity index (χ3v) is 3.21. The average Bonchev–Trinajstić information content (AvgIpc) is 2.18. The van der Waals surface area contributed by atoms with Gasteiger partial charge >= 0.3 is 0 Å². The van der Waals surface area contributed by atoms with Gasteiger partial charge in [-0.3, -0.25) is 4.79 Å². The molecule has 0 unspecified atom stereocenters. The van der Waals surface area contributed by atoms with Crippen molar-refractivity contribution in [2.75, 3.05) is 0 Å². The van der Waals surface area contributed by atoms with Crippen LogP contribution in [0.25, 0.3) is 0 Å². The van der Waals surface area contributed by atoms with E-state index < -0.39 is 0 Å². The Kier molecular flexibility index (Phi) is 2.60. The molecule has 0 aliphatic heterocycles. The van der Waals surface area contributed by atoms with E-state index in [1.807, 2.05) is 12.1 Å². The first kappa shape index (κ1) is 9.72. The molecular formula is C12H13ClO. The first-order chi connectivity index (χ1) is 6.70. The van der Waals surface area contributed by atoms with Gasteiger partial charge in [0.15, 0.2) is 5.78 Å². The SMILES string of the molecule is CC(=O)c1ccc(Cl)c2c1CCCC2. The summed E-state index contributed by atoms with van der Waals surface area (Å²) in [4.78, 5) is 11.4. The maximum atomic E-state index is 11.4. The Morgan fingerprint density at radius 3 is 2.50 bits per heavy atom. The van der Waals surface area contributed by atoms with E-state index in [0.29, 0.717) is 0 Å². The van der Waals surface area contributed by atoms with Crippen molar-refractivity contribution < 1.29 is 4.79 Å². The largest absolute Gasteiger partial charge is 0.295 e. The van der Waals surface area contributed by atoms with Gasteiger partial charge in [0.2, 0.25) is 0 Å². The molecule has 1 aliphatic carbocycles. The van der Waals surface area contributed by atoms with Crippen LogP contribution in [0.1, 0.15) is 41.3 Å². The summed E-state index contributed by atoms with van der Waals surface area (Å²) in [6.07, 6.45) is 4.39. The van der Waals surface area contributed by atoms with Crippen LogP contribution in [0.15, 0.2) is 12.1 Å². The van der Waals surface area contributed by atoms with Crippen molar-refractivity contribution in [3.8, 4) is 0 Å². The van der Waals surface area contributed by atoms with Crippen molar-refractivity contribution in [3.05, 3.63) is 33.8 Å². The molecule has 0 atom stereocenters. The molecule has 0 aromatic heterocycles. The number of Topliss-reactive ketones (excluding diaryl/α,β-unsaturated/α-hetero) is 1. The minimum Gasteiger partial charge on any atom is -0.295 e. The molecule has 1 nitrogen and oxygen atoms in total. The number of benzene rings is 1. The summed E-state index contributed by atoms with van der Waals surface area (Å²) in [5.41, 5.74) is 3.26. The summed E-state index contributed by atoms with van der Waals surface area (Å²) in [5.74, 6) is 0.153. The summed E-state index contributed by atoms with van der Waals surface area (Å²) < 4.78 is 0. The van der Waals surface area contributed by atoms with E-state index in [2.05, 4.69) is 0 Å². The number of carbonyl (C=O) groups excluding carboxylic acids is 1. The second-order valence-electron chi connectivity index (χ2n) is 3.82. The molecule has 1 aromatic rings. The van der Waals surface area contributed by atoms with E-state index >= 15 is 0 Å². The van der Waals surface area contributed by atoms with E-state index in [4.69, 9.17) is 11.6 Å². The lowest BCUT2D eigenvalue weighted by Crippen LogP contribution is -2.09. The zero-order chi connectivity index (χ0) is 10.1. The van der Waals surface area contributed by atoms with Crippen molar-refractivity contribution in [1.29, 1.82) is 0 Å². The topological polar surface area (TPSA) is 17.1 Å². The molecule has 0 amide bonds. The second-order valence-corrected chi connectivity index (χ2v) is 4.22. The summed E-state index contributed by atoms with van der Waals surface area (Å²) in [7, 11) is 0. The molecule has 0 N–H and O–H groups in total. The zero-order valence-electron chi connectivity index (χ0n) is 8.27. The van der Waals surface area contributed by atoms with E-state index in [1.165, 1.54) is 24.0 Å². The van der Waals surface area contributed by atoms with Gasteiger partial charge in [-0.1, -0.05) is 11.6 Å². The highest BCUT2D eigenvalue weighted by Gasteiger charge is 2.17. The van der Waals surface area contributed by atoms with Gasteiger partial charge in [-0.05, 0) is 55.9 Å². The van der Waals surface area contributed by atoms with Gasteiger partial charge in [0.05, 0.1) is 0 Å². The molecule has 74 valence electrons. The molecule has 2 heteroatoms. The highest BCUT2D eigenvalue weighted by Crippen LogP contribution is 2.30. The maximum absolute atomic E-state index is 11.4. The third kappa shape index (κ3) is 1.57. The minimum absolute atomic E-state index is 0.153. The Hall–Kier alpha value is -0.820. The number of hydrogen-bond acceptors (Lipinski definition) is 1. The molecule has 14 heavy (non-hydrogen) atoms. The van der Waals surface area contributed by atoms with E-state index in [1.54, 1.807) is 6.92 Å². The van der Waals surface area contributed by atoms with Gasteiger partial charge < -0.3 is 0 Å². The van der Waals surface area contributed by atoms with Crippen LogP contribution in [0.5, 0.6) is 0 Å². The standard InChI is InChI=1S/C12H13ClO/c1-8(14)9-6-7-12(13)11-5-3-2-4-10(9)11/h6-7H,2-5H2,1H3. The second kappa shape index (κ2) is 3.74. The van der Waals surface area contributed by atoms with Crippen LogP contribution in [0, 0.1) is 0 Å². The number of ketones is 1. The Morgan fingerprint density at radius 2 is 1.86 bits per heavy atom. The fourth-order valence-electron chi connectivity index (χ4n) is 2.15. The fourth-order valence-corrected chi connectivity index (χ4v) is 2.43. The number of rotatable bonds is 1. The van der Waals surface area contributed by atoms with Crippen LogP contribution in [-0.2, 0) is 12.8 Å². The van der Waals surface area contributed by atoms with Crippen LogP contribution in [-0.4, -0.2) is 5.78 Å². The Morgan fingerprint density at radius 1 is 1.21 bits per heavy atom. The highest BCUT2D eigenvalue weighted by atomic mass is 35.5. The number of fused-ring (bicyclic) bond motifs is 1. The lowest BCUT2D eigenvalue weighted by Gasteiger charge is -2.19. The third-order valence-electron chi connectivity index (χ3n) is 2.86. The van der Waals surface area contributed by atoms with Crippen molar-refractivity contribution in [2.24, 2.45) is 0 Å². The van der Waals surface area contributed by atoms with E-state index in [0.717, 1.165) is 23.4 Å². The predicted molar refractivity (Wildman–Crippen MR) is 58.1 cm³/mol. The van der Waals surface area contributed by atoms with Gasteiger partial charge in [0, 0.05) is 10.6 Å². The number of hydrogen-bond donors (Lipinski definition) is 0. The smallest absolute Gasteiger partial charge is 0.160 e. The van der Waals surface area contributed by atoms with Crippen LogP contribution in [0.3, 0.4) is 0 Å². The maximum Gasteiger partial charge on any atom is 0.160 e. The van der Waals surface area contributed by atoms with Crippen molar-refractivity contribution in [3.63, 3.8) is 0 Å². The van der Waals surface area contributed by atoms with Crippen LogP contribution >= 0.6 is 11.6 Å². The monoisotopic (exact) mass is 208 g/mol. The highest BCUT2D eigenvalue weighted by molar-refractivity contribution is 6.31. The fraction of sp³-hybridized carbons (Fsp3) is 0.417. The Balaban J connectivity index is 2.59. The van der Waals surface area contributed by atoms with Crippen molar-refractivity contribution in [2.45, 2.75) is 32.6 Å². The van der Waals surface area contributed by atoms with Crippen LogP contribution < -0.4 is 0 Å². The van der Waals surface area contributed by atoms with Gasteiger partial charge in [-0.15, -0.1) is 0 Å². The molecule has 2 rings (SSSR count). The van der Waals surface area contributed by atoms with E-state index in [9.17, 15) is 4.79 Å². The van der Waals surface area contributed by atoms with Gasteiger partial charge in [-0.2, -0.15) is 0 Å². The summed E-state index contributed by atoms with van der Waals surface area (Å²) in [5, 5.41) is 0.824. The molecule has 0 heterocycles. The minimum atomic E-state index is 0.153. The van der Waals surface area contributed by atoms with Gasteiger partial charge in [0.25, 0.3) is 0 Å². The molecule has 0 spiro atoms. The predicted octanol–water partition coefficient (Wildman–Crippen LogP) is 3.42. The summed E-state index contributed by atoms with van der Waals surface area (Å²) >= 11 is 6.11. The Bertz CT molecular complexity index is 382. The van der Waals surface area contributed by atoms with Crippen LogP contribution in [0.4, 0.5) is 0 Å². The molecule has 0 saturated carbocycles. The van der Waals surface area contributed by atoms with E-state index in [-0.39, 0.29) is 5.78 Å². The quantitative estimate of drug-likeness (QED) is 0.647.